The molecule has 0 aliphatic carbocycles. The summed E-state index contributed by atoms with van der Waals surface area (Å²) in [4.78, 5) is 14.2. The van der Waals surface area contributed by atoms with Gasteiger partial charge in [0, 0.05) is 13.1 Å². The van der Waals surface area contributed by atoms with E-state index in [1.54, 1.807) is 4.90 Å². The van der Waals surface area contributed by atoms with Crippen molar-refractivity contribution in [3.05, 3.63) is 35.4 Å². The van der Waals surface area contributed by atoms with E-state index in [1.807, 2.05) is 0 Å². The first-order valence-corrected chi connectivity index (χ1v) is 8.85. The summed E-state index contributed by atoms with van der Waals surface area (Å²) in [5, 5.41) is 0. The maximum absolute atomic E-state index is 13.9. The van der Waals surface area contributed by atoms with Gasteiger partial charge in [-0.25, -0.2) is 8.78 Å². The van der Waals surface area contributed by atoms with Gasteiger partial charge in [-0.3, -0.25) is 4.79 Å². The lowest BCUT2D eigenvalue weighted by Crippen LogP contribution is -2.34. The van der Waals surface area contributed by atoms with Crippen molar-refractivity contribution in [2.24, 2.45) is 0 Å². The van der Waals surface area contributed by atoms with Crippen LogP contribution in [0.5, 0.6) is 0 Å². The highest BCUT2D eigenvalue weighted by atomic mass is 19.1. The molecule has 0 aliphatic heterocycles. The average Bonchev–Trinajstić information content (AvgIpc) is 2.53. The molecule has 0 N–H and O–H groups in total. The first kappa shape index (κ1) is 19.6. The molecule has 0 fully saturated rings. The van der Waals surface area contributed by atoms with Gasteiger partial charge in [-0.15, -0.1) is 0 Å². The van der Waals surface area contributed by atoms with Crippen molar-refractivity contribution in [2.45, 2.75) is 65.2 Å². The summed E-state index contributed by atoms with van der Waals surface area (Å²) in [6, 6.07) is 3.57. The molecule has 130 valence electrons. The lowest BCUT2D eigenvalue weighted by Gasteiger charge is -2.23. The monoisotopic (exact) mass is 325 g/mol. The van der Waals surface area contributed by atoms with Crippen LogP contribution in [0.3, 0.4) is 0 Å². The molecule has 2 nitrogen and oxygen atoms in total. The molecule has 1 rings (SSSR count). The Kier molecular flexibility index (Phi) is 9.49. The van der Waals surface area contributed by atoms with Crippen molar-refractivity contribution in [1.29, 1.82) is 0 Å². The fourth-order valence-corrected chi connectivity index (χ4v) is 2.63. The van der Waals surface area contributed by atoms with Crippen LogP contribution in [-0.2, 0) is 0 Å². The standard InChI is InChI=1S/C19H29F2NO/c1-3-5-7-9-14-22(15-10-8-6-4-2)19(23)18-16(20)12-11-13-17(18)21/h11-13H,3-10,14-15H2,1-2H3. The predicted molar refractivity (Wildman–Crippen MR) is 90.5 cm³/mol. The first-order chi connectivity index (χ1) is 11.1. The van der Waals surface area contributed by atoms with Gasteiger partial charge in [-0.2, -0.15) is 0 Å². The molecule has 23 heavy (non-hydrogen) atoms. The number of amides is 1. The maximum Gasteiger partial charge on any atom is 0.259 e. The summed E-state index contributed by atoms with van der Waals surface area (Å²) >= 11 is 0. The number of nitrogens with zero attached hydrogens (tertiary/aromatic N) is 1. The summed E-state index contributed by atoms with van der Waals surface area (Å²) in [7, 11) is 0. The van der Waals surface area contributed by atoms with E-state index < -0.39 is 23.1 Å². The molecule has 0 saturated heterocycles. The number of rotatable bonds is 11. The van der Waals surface area contributed by atoms with Gasteiger partial charge in [0.15, 0.2) is 0 Å². The molecule has 0 radical (unpaired) electrons. The van der Waals surface area contributed by atoms with Crippen LogP contribution in [0.2, 0.25) is 0 Å². The zero-order valence-electron chi connectivity index (χ0n) is 14.4. The van der Waals surface area contributed by atoms with Gasteiger partial charge in [0.1, 0.15) is 17.2 Å². The van der Waals surface area contributed by atoms with Crippen molar-refractivity contribution < 1.29 is 13.6 Å². The highest BCUT2D eigenvalue weighted by molar-refractivity contribution is 5.94. The molecule has 1 aromatic carbocycles. The third-order valence-corrected chi connectivity index (χ3v) is 4.03. The number of hydrogen-bond donors (Lipinski definition) is 0. The Morgan fingerprint density at radius 1 is 0.870 bits per heavy atom. The van der Waals surface area contributed by atoms with E-state index in [4.69, 9.17) is 0 Å². The second-order valence-corrected chi connectivity index (χ2v) is 6.01. The predicted octanol–water partition coefficient (Wildman–Crippen LogP) is 5.57. The van der Waals surface area contributed by atoms with Crippen molar-refractivity contribution in [3.8, 4) is 0 Å². The van der Waals surface area contributed by atoms with Crippen LogP contribution in [0, 0.1) is 11.6 Å². The van der Waals surface area contributed by atoms with Gasteiger partial charge < -0.3 is 4.90 Å². The Hall–Kier alpha value is -1.45. The second kappa shape index (κ2) is 11.1. The van der Waals surface area contributed by atoms with Crippen LogP contribution in [-0.4, -0.2) is 23.9 Å². The minimum atomic E-state index is -0.776. The molecule has 1 aromatic rings. The van der Waals surface area contributed by atoms with E-state index >= 15 is 0 Å². The Labute approximate surface area is 138 Å². The normalized spacial score (nSPS) is 10.8. The fraction of sp³-hybridized carbons (Fsp3) is 0.632. The highest BCUT2D eigenvalue weighted by Gasteiger charge is 2.22. The average molecular weight is 325 g/mol. The topological polar surface area (TPSA) is 20.3 Å². The van der Waals surface area contributed by atoms with E-state index in [0.717, 1.165) is 63.5 Å². The molecule has 0 aromatic heterocycles. The number of carbonyl (C=O) groups is 1. The van der Waals surface area contributed by atoms with Crippen LogP contribution in [0.15, 0.2) is 18.2 Å². The Balaban J connectivity index is 2.73. The summed E-state index contributed by atoms with van der Waals surface area (Å²) in [6.07, 6.45) is 8.30. The van der Waals surface area contributed by atoms with Gasteiger partial charge in [0.2, 0.25) is 0 Å². The van der Waals surface area contributed by atoms with Gasteiger partial charge in [0.05, 0.1) is 0 Å². The van der Waals surface area contributed by atoms with Crippen LogP contribution < -0.4 is 0 Å². The van der Waals surface area contributed by atoms with Crippen LogP contribution in [0.1, 0.15) is 75.6 Å². The van der Waals surface area contributed by atoms with E-state index in [-0.39, 0.29) is 0 Å². The number of halogens is 2. The minimum Gasteiger partial charge on any atom is -0.338 e. The maximum atomic E-state index is 13.9. The summed E-state index contributed by atoms with van der Waals surface area (Å²) < 4.78 is 27.7. The molecule has 0 aliphatic rings. The molecule has 0 saturated carbocycles. The lowest BCUT2D eigenvalue weighted by atomic mass is 10.1. The summed E-state index contributed by atoms with van der Waals surface area (Å²) in [5.74, 6) is -2.07. The molecule has 0 spiro atoms. The lowest BCUT2D eigenvalue weighted by molar-refractivity contribution is 0.0739. The molecule has 1 amide bonds. The van der Waals surface area contributed by atoms with Gasteiger partial charge in [0.25, 0.3) is 5.91 Å². The third kappa shape index (κ3) is 6.67. The fourth-order valence-electron chi connectivity index (χ4n) is 2.63. The zero-order chi connectivity index (χ0) is 17.1. The smallest absolute Gasteiger partial charge is 0.259 e. The van der Waals surface area contributed by atoms with E-state index in [2.05, 4.69) is 13.8 Å². The van der Waals surface area contributed by atoms with Gasteiger partial charge >= 0.3 is 0 Å². The summed E-state index contributed by atoms with van der Waals surface area (Å²) in [5.41, 5.74) is -0.418. The molecule has 0 bridgehead atoms. The minimum absolute atomic E-state index is 0.418. The quantitative estimate of drug-likeness (QED) is 0.487. The number of hydrogen-bond acceptors (Lipinski definition) is 1. The highest BCUT2D eigenvalue weighted by Crippen LogP contribution is 2.16. The van der Waals surface area contributed by atoms with Crippen LogP contribution in [0.25, 0.3) is 0 Å². The van der Waals surface area contributed by atoms with E-state index in [9.17, 15) is 13.6 Å². The zero-order valence-corrected chi connectivity index (χ0v) is 14.4. The summed E-state index contributed by atoms with van der Waals surface area (Å²) in [6.45, 7) is 5.39. The molecule has 0 heterocycles. The molecule has 4 heteroatoms. The van der Waals surface area contributed by atoms with Crippen molar-refractivity contribution in [1.82, 2.24) is 4.90 Å². The van der Waals surface area contributed by atoms with Gasteiger partial charge in [-0.1, -0.05) is 58.4 Å². The molecule has 0 atom stereocenters. The Morgan fingerprint density at radius 2 is 1.35 bits per heavy atom. The second-order valence-electron chi connectivity index (χ2n) is 6.01. The van der Waals surface area contributed by atoms with E-state index in [1.165, 1.54) is 6.07 Å². The molecule has 0 unspecified atom stereocenters. The van der Waals surface area contributed by atoms with Crippen molar-refractivity contribution in [2.75, 3.05) is 13.1 Å². The van der Waals surface area contributed by atoms with Crippen LogP contribution in [0.4, 0.5) is 8.78 Å². The largest absolute Gasteiger partial charge is 0.338 e. The van der Waals surface area contributed by atoms with E-state index in [0.29, 0.717) is 13.1 Å². The number of benzene rings is 1. The number of unbranched alkanes of at least 4 members (excludes halogenated alkanes) is 6. The molecular weight excluding hydrogens is 296 g/mol. The third-order valence-electron chi connectivity index (χ3n) is 4.03. The Morgan fingerprint density at radius 3 is 1.78 bits per heavy atom. The Bertz CT molecular complexity index is 444. The molecular formula is C19H29F2NO. The van der Waals surface area contributed by atoms with Crippen LogP contribution >= 0.6 is 0 Å². The number of carbonyl (C=O) groups excluding carboxylic acids is 1. The van der Waals surface area contributed by atoms with Crippen molar-refractivity contribution >= 4 is 5.91 Å². The van der Waals surface area contributed by atoms with Crippen molar-refractivity contribution in [3.63, 3.8) is 0 Å². The van der Waals surface area contributed by atoms with Gasteiger partial charge in [-0.05, 0) is 25.0 Å². The first-order valence-electron chi connectivity index (χ1n) is 8.85. The SMILES string of the molecule is CCCCCCN(CCCCCC)C(=O)c1c(F)cccc1F.